The van der Waals surface area contributed by atoms with E-state index in [0.717, 1.165) is 18.4 Å². The smallest absolute Gasteiger partial charge is 0.338 e. The van der Waals surface area contributed by atoms with Crippen molar-refractivity contribution in [2.75, 3.05) is 0 Å². The van der Waals surface area contributed by atoms with Crippen molar-refractivity contribution in [1.82, 2.24) is 4.90 Å². The van der Waals surface area contributed by atoms with Gasteiger partial charge in [0.1, 0.15) is 0 Å². The maximum absolute atomic E-state index is 12.7. The molecule has 1 saturated carbocycles. The number of ether oxygens (including phenoxy) is 1. The summed E-state index contributed by atoms with van der Waals surface area (Å²) in [4.78, 5) is 50.8. The number of imide groups is 1. The highest BCUT2D eigenvalue weighted by Gasteiger charge is 2.36. The monoisotopic (exact) mass is 377 g/mol. The Kier molecular flexibility index (Phi) is 4.77. The normalized spacial score (nSPS) is 18.9. The Morgan fingerprint density at radius 1 is 0.964 bits per heavy atom. The van der Waals surface area contributed by atoms with Crippen molar-refractivity contribution >= 4 is 23.6 Å². The van der Waals surface area contributed by atoms with Crippen LogP contribution in [0.2, 0.25) is 0 Å². The number of nitrogens with zero attached hydrogens (tertiary/aromatic N) is 1. The maximum Gasteiger partial charge on any atom is 0.338 e. The minimum atomic E-state index is -0.721. The zero-order chi connectivity index (χ0) is 19.7. The predicted octanol–water partition coefficient (Wildman–Crippen LogP) is 3.15. The van der Waals surface area contributed by atoms with Crippen molar-refractivity contribution in [3.8, 4) is 0 Å². The SMILES string of the molecule is O=C(OC1CCCCC1=O)c1ccc2c(c1)C(=O)N(Cc1ccccc1)C2=O. The van der Waals surface area contributed by atoms with Crippen molar-refractivity contribution in [3.63, 3.8) is 0 Å². The summed E-state index contributed by atoms with van der Waals surface area (Å²) in [6, 6.07) is 13.5. The highest BCUT2D eigenvalue weighted by molar-refractivity contribution is 6.21. The first-order valence-electron chi connectivity index (χ1n) is 9.32. The van der Waals surface area contributed by atoms with E-state index in [4.69, 9.17) is 4.74 Å². The standard InChI is InChI=1S/C22H19NO5/c24-18-8-4-5-9-19(18)28-22(27)15-10-11-16-17(12-15)21(26)23(20(16)25)13-14-6-2-1-3-7-14/h1-3,6-7,10-12,19H,4-5,8-9,13H2. The van der Waals surface area contributed by atoms with Crippen molar-refractivity contribution in [2.24, 2.45) is 0 Å². The Morgan fingerprint density at radius 2 is 1.71 bits per heavy atom. The molecule has 1 atom stereocenters. The van der Waals surface area contributed by atoms with Gasteiger partial charge >= 0.3 is 5.97 Å². The second-order valence-corrected chi connectivity index (χ2v) is 7.05. The van der Waals surface area contributed by atoms with Crippen molar-refractivity contribution in [2.45, 2.75) is 38.3 Å². The molecule has 1 aliphatic heterocycles. The summed E-state index contributed by atoms with van der Waals surface area (Å²) in [6.45, 7) is 0.170. The molecule has 1 fully saturated rings. The Balaban J connectivity index is 1.53. The van der Waals surface area contributed by atoms with Gasteiger partial charge < -0.3 is 4.74 Å². The van der Waals surface area contributed by atoms with Gasteiger partial charge in [-0.15, -0.1) is 0 Å². The van der Waals surface area contributed by atoms with Crippen LogP contribution in [-0.4, -0.2) is 34.6 Å². The van der Waals surface area contributed by atoms with Crippen LogP contribution in [0, 0.1) is 0 Å². The van der Waals surface area contributed by atoms with Gasteiger partial charge in [-0.2, -0.15) is 0 Å². The average molecular weight is 377 g/mol. The Morgan fingerprint density at radius 3 is 2.46 bits per heavy atom. The number of fused-ring (bicyclic) bond motifs is 1. The van der Waals surface area contributed by atoms with Crippen molar-refractivity contribution in [1.29, 1.82) is 0 Å². The van der Waals surface area contributed by atoms with E-state index in [1.807, 2.05) is 30.3 Å². The highest BCUT2D eigenvalue weighted by atomic mass is 16.5. The molecular formula is C22H19NO5. The number of benzene rings is 2. The first-order valence-corrected chi connectivity index (χ1v) is 9.32. The predicted molar refractivity (Wildman–Crippen MR) is 99.8 cm³/mol. The van der Waals surface area contributed by atoms with Crippen LogP contribution in [0.15, 0.2) is 48.5 Å². The third-order valence-electron chi connectivity index (χ3n) is 5.14. The number of esters is 1. The molecule has 0 N–H and O–H groups in total. The van der Waals surface area contributed by atoms with Crippen LogP contribution < -0.4 is 0 Å². The van der Waals surface area contributed by atoms with E-state index in [1.54, 1.807) is 0 Å². The van der Waals surface area contributed by atoms with E-state index >= 15 is 0 Å². The van der Waals surface area contributed by atoms with Gasteiger partial charge in [-0.3, -0.25) is 19.3 Å². The fourth-order valence-electron chi connectivity index (χ4n) is 3.60. The van der Waals surface area contributed by atoms with Crippen LogP contribution in [0.5, 0.6) is 0 Å². The fraction of sp³-hybridized carbons (Fsp3) is 0.273. The number of rotatable bonds is 4. The summed E-state index contributed by atoms with van der Waals surface area (Å²) >= 11 is 0. The summed E-state index contributed by atoms with van der Waals surface area (Å²) in [5.74, 6) is -1.54. The number of carbonyl (C=O) groups excluding carboxylic acids is 4. The molecule has 6 nitrogen and oxygen atoms in total. The topological polar surface area (TPSA) is 80.8 Å². The van der Waals surface area contributed by atoms with Crippen LogP contribution in [0.25, 0.3) is 0 Å². The molecule has 0 radical (unpaired) electrons. The van der Waals surface area contributed by atoms with Crippen LogP contribution in [0.4, 0.5) is 0 Å². The zero-order valence-electron chi connectivity index (χ0n) is 15.2. The summed E-state index contributed by atoms with van der Waals surface area (Å²) in [5.41, 5.74) is 1.46. The minimum absolute atomic E-state index is 0.0685. The lowest BCUT2D eigenvalue weighted by molar-refractivity contribution is -0.129. The van der Waals surface area contributed by atoms with E-state index in [0.29, 0.717) is 12.8 Å². The van der Waals surface area contributed by atoms with Gasteiger partial charge in [-0.05, 0) is 43.0 Å². The number of carbonyl (C=O) groups is 4. The molecule has 0 spiro atoms. The van der Waals surface area contributed by atoms with E-state index in [9.17, 15) is 19.2 Å². The summed E-state index contributed by atoms with van der Waals surface area (Å²) in [5, 5.41) is 0. The lowest BCUT2D eigenvalue weighted by Crippen LogP contribution is -2.30. The molecule has 0 bridgehead atoms. The van der Waals surface area contributed by atoms with Gasteiger partial charge in [-0.1, -0.05) is 30.3 Å². The largest absolute Gasteiger partial charge is 0.451 e. The van der Waals surface area contributed by atoms with Gasteiger partial charge in [0.15, 0.2) is 11.9 Å². The second kappa shape index (κ2) is 7.38. The molecule has 4 rings (SSSR count). The average Bonchev–Trinajstić information content (AvgIpc) is 2.95. The quantitative estimate of drug-likeness (QED) is 0.604. The lowest BCUT2D eigenvalue weighted by atomic mass is 9.96. The van der Waals surface area contributed by atoms with E-state index in [2.05, 4.69) is 0 Å². The highest BCUT2D eigenvalue weighted by Crippen LogP contribution is 2.26. The second-order valence-electron chi connectivity index (χ2n) is 7.05. The van der Waals surface area contributed by atoms with E-state index < -0.39 is 18.0 Å². The molecule has 1 unspecified atom stereocenters. The minimum Gasteiger partial charge on any atom is -0.451 e. The number of Topliss-reactive ketones (excluding diaryl/α,β-unsaturated/α-hetero) is 1. The molecular weight excluding hydrogens is 358 g/mol. The van der Waals surface area contributed by atoms with Crippen LogP contribution >= 0.6 is 0 Å². The molecule has 6 heteroatoms. The first-order chi connectivity index (χ1) is 13.5. The first kappa shape index (κ1) is 18.1. The van der Waals surface area contributed by atoms with Gasteiger partial charge in [0.05, 0.1) is 23.2 Å². The van der Waals surface area contributed by atoms with Crippen LogP contribution in [0.1, 0.15) is 62.3 Å². The molecule has 2 amide bonds. The number of hydrogen-bond acceptors (Lipinski definition) is 5. The zero-order valence-corrected chi connectivity index (χ0v) is 15.2. The molecule has 0 aromatic heterocycles. The third-order valence-corrected chi connectivity index (χ3v) is 5.14. The fourth-order valence-corrected chi connectivity index (χ4v) is 3.60. The van der Waals surface area contributed by atoms with Crippen LogP contribution in [-0.2, 0) is 16.1 Å². The Hall–Kier alpha value is -3.28. The number of amides is 2. The molecule has 142 valence electrons. The van der Waals surface area contributed by atoms with Crippen molar-refractivity contribution in [3.05, 3.63) is 70.8 Å². The summed E-state index contributed by atoms with van der Waals surface area (Å²) in [7, 11) is 0. The Labute approximate surface area is 162 Å². The lowest BCUT2D eigenvalue weighted by Gasteiger charge is -2.20. The third kappa shape index (κ3) is 3.33. The van der Waals surface area contributed by atoms with Gasteiger partial charge in [-0.25, -0.2) is 4.79 Å². The van der Waals surface area contributed by atoms with Crippen molar-refractivity contribution < 1.29 is 23.9 Å². The molecule has 0 saturated heterocycles. The number of ketones is 1. The molecule has 2 aromatic rings. The molecule has 1 aliphatic carbocycles. The molecule has 28 heavy (non-hydrogen) atoms. The maximum atomic E-state index is 12.7. The summed E-state index contributed by atoms with van der Waals surface area (Å²) in [6.07, 6.45) is 1.89. The molecule has 2 aromatic carbocycles. The number of hydrogen-bond donors (Lipinski definition) is 0. The van der Waals surface area contributed by atoms with E-state index in [-0.39, 0.29) is 34.9 Å². The summed E-state index contributed by atoms with van der Waals surface area (Å²) < 4.78 is 5.34. The van der Waals surface area contributed by atoms with Crippen LogP contribution in [0.3, 0.4) is 0 Å². The molecule has 1 heterocycles. The molecule has 2 aliphatic rings. The Bertz CT molecular complexity index is 966. The van der Waals surface area contributed by atoms with E-state index in [1.165, 1.54) is 23.1 Å². The van der Waals surface area contributed by atoms with Gasteiger partial charge in [0.2, 0.25) is 0 Å². The van der Waals surface area contributed by atoms with Gasteiger partial charge in [0, 0.05) is 6.42 Å². The van der Waals surface area contributed by atoms with Gasteiger partial charge in [0.25, 0.3) is 11.8 Å².